The standard InChI is InChI=1S/C14H31N3/c1-13(2)6-5-7-16-8-10-17(11-9-16)14(3,4)12-15/h13H,5-12,15H2,1-4H3. The molecule has 3 heteroatoms. The van der Waals surface area contributed by atoms with E-state index >= 15 is 0 Å². The molecule has 0 aromatic heterocycles. The molecule has 102 valence electrons. The van der Waals surface area contributed by atoms with Crippen molar-refractivity contribution >= 4 is 0 Å². The predicted octanol–water partition coefficient (Wildman–Crippen LogP) is 1.78. The van der Waals surface area contributed by atoms with Gasteiger partial charge in [-0.05, 0) is 39.2 Å². The van der Waals surface area contributed by atoms with Gasteiger partial charge in [-0.2, -0.15) is 0 Å². The zero-order valence-corrected chi connectivity index (χ0v) is 12.2. The van der Waals surface area contributed by atoms with E-state index in [0.717, 1.165) is 12.5 Å². The molecule has 0 amide bonds. The predicted molar refractivity (Wildman–Crippen MR) is 75.2 cm³/mol. The molecule has 1 fully saturated rings. The maximum Gasteiger partial charge on any atom is 0.0276 e. The van der Waals surface area contributed by atoms with E-state index < -0.39 is 0 Å². The summed E-state index contributed by atoms with van der Waals surface area (Å²) in [5.74, 6) is 0.840. The minimum atomic E-state index is 0.171. The van der Waals surface area contributed by atoms with Gasteiger partial charge in [0.1, 0.15) is 0 Å². The monoisotopic (exact) mass is 241 g/mol. The third-order valence-corrected chi connectivity index (χ3v) is 3.98. The highest BCUT2D eigenvalue weighted by Gasteiger charge is 2.28. The van der Waals surface area contributed by atoms with Crippen molar-refractivity contribution in [3.05, 3.63) is 0 Å². The SMILES string of the molecule is CC(C)CCCN1CCN(C(C)(C)CN)CC1. The number of piperazine rings is 1. The van der Waals surface area contributed by atoms with E-state index in [1.54, 1.807) is 0 Å². The molecule has 0 aliphatic carbocycles. The lowest BCUT2D eigenvalue weighted by Crippen LogP contribution is -2.57. The van der Waals surface area contributed by atoms with Crippen LogP contribution in [0, 0.1) is 5.92 Å². The topological polar surface area (TPSA) is 32.5 Å². The van der Waals surface area contributed by atoms with Crippen LogP contribution < -0.4 is 5.73 Å². The van der Waals surface area contributed by atoms with Crippen molar-refractivity contribution in [2.45, 2.75) is 46.1 Å². The number of hydrogen-bond acceptors (Lipinski definition) is 3. The maximum absolute atomic E-state index is 5.83. The summed E-state index contributed by atoms with van der Waals surface area (Å²) in [5, 5.41) is 0. The quantitative estimate of drug-likeness (QED) is 0.769. The van der Waals surface area contributed by atoms with Crippen LogP contribution in [0.2, 0.25) is 0 Å². The fourth-order valence-electron chi connectivity index (χ4n) is 2.43. The summed E-state index contributed by atoms with van der Waals surface area (Å²) >= 11 is 0. The van der Waals surface area contributed by atoms with E-state index in [4.69, 9.17) is 5.73 Å². The Kier molecular flexibility index (Phi) is 5.90. The molecule has 0 saturated carbocycles. The lowest BCUT2D eigenvalue weighted by Gasteiger charge is -2.43. The molecule has 1 rings (SSSR count). The first-order chi connectivity index (χ1) is 7.95. The molecule has 3 nitrogen and oxygen atoms in total. The van der Waals surface area contributed by atoms with Crippen LogP contribution in [0.1, 0.15) is 40.5 Å². The molecule has 1 heterocycles. The molecule has 2 N–H and O–H groups in total. The van der Waals surface area contributed by atoms with Gasteiger partial charge in [0.2, 0.25) is 0 Å². The first kappa shape index (κ1) is 14.9. The van der Waals surface area contributed by atoms with Gasteiger partial charge >= 0.3 is 0 Å². The van der Waals surface area contributed by atoms with Crippen LogP contribution in [0.15, 0.2) is 0 Å². The molecule has 0 aromatic rings. The number of rotatable bonds is 6. The number of hydrogen-bond donors (Lipinski definition) is 1. The smallest absolute Gasteiger partial charge is 0.0276 e. The summed E-state index contributed by atoms with van der Waals surface area (Å²) in [7, 11) is 0. The van der Waals surface area contributed by atoms with Gasteiger partial charge in [-0.25, -0.2) is 0 Å². The van der Waals surface area contributed by atoms with E-state index in [-0.39, 0.29) is 5.54 Å². The van der Waals surface area contributed by atoms with E-state index in [2.05, 4.69) is 37.5 Å². The molecule has 0 atom stereocenters. The largest absolute Gasteiger partial charge is 0.329 e. The van der Waals surface area contributed by atoms with E-state index in [1.807, 2.05) is 0 Å². The summed E-state index contributed by atoms with van der Waals surface area (Å²) < 4.78 is 0. The van der Waals surface area contributed by atoms with Crippen molar-refractivity contribution in [2.75, 3.05) is 39.3 Å². The lowest BCUT2D eigenvalue weighted by atomic mass is 10.0. The zero-order valence-electron chi connectivity index (χ0n) is 12.2. The van der Waals surface area contributed by atoms with E-state index in [9.17, 15) is 0 Å². The molecule has 0 spiro atoms. The highest BCUT2D eigenvalue weighted by Crippen LogP contribution is 2.16. The average molecular weight is 241 g/mol. The van der Waals surface area contributed by atoms with Crippen LogP contribution in [-0.4, -0.2) is 54.6 Å². The summed E-state index contributed by atoms with van der Waals surface area (Å²) in [6.45, 7) is 15.9. The normalized spacial score (nSPS) is 20.1. The van der Waals surface area contributed by atoms with Gasteiger partial charge in [-0.15, -0.1) is 0 Å². The van der Waals surface area contributed by atoms with Gasteiger partial charge in [-0.3, -0.25) is 4.90 Å². The molecular weight excluding hydrogens is 210 g/mol. The Morgan fingerprint density at radius 3 is 2.18 bits per heavy atom. The third-order valence-electron chi connectivity index (χ3n) is 3.98. The van der Waals surface area contributed by atoms with Gasteiger partial charge in [0.25, 0.3) is 0 Å². The van der Waals surface area contributed by atoms with Crippen molar-refractivity contribution in [2.24, 2.45) is 11.7 Å². The Bertz CT molecular complexity index is 206. The Balaban J connectivity index is 2.22. The first-order valence-electron chi connectivity index (χ1n) is 7.13. The van der Waals surface area contributed by atoms with Gasteiger partial charge < -0.3 is 10.6 Å². The van der Waals surface area contributed by atoms with Crippen LogP contribution in [0.4, 0.5) is 0 Å². The Morgan fingerprint density at radius 2 is 1.71 bits per heavy atom. The van der Waals surface area contributed by atoms with Crippen molar-refractivity contribution in [1.29, 1.82) is 0 Å². The number of nitrogens with zero attached hydrogens (tertiary/aromatic N) is 2. The van der Waals surface area contributed by atoms with Crippen LogP contribution in [0.25, 0.3) is 0 Å². The highest BCUT2D eigenvalue weighted by atomic mass is 15.3. The van der Waals surface area contributed by atoms with Crippen molar-refractivity contribution in [3.8, 4) is 0 Å². The van der Waals surface area contributed by atoms with Gasteiger partial charge in [0.05, 0.1) is 0 Å². The molecule has 17 heavy (non-hydrogen) atoms. The van der Waals surface area contributed by atoms with Gasteiger partial charge in [0.15, 0.2) is 0 Å². The van der Waals surface area contributed by atoms with Gasteiger partial charge in [-0.1, -0.05) is 13.8 Å². The van der Waals surface area contributed by atoms with Crippen LogP contribution in [0.5, 0.6) is 0 Å². The van der Waals surface area contributed by atoms with Crippen molar-refractivity contribution in [1.82, 2.24) is 9.80 Å². The lowest BCUT2D eigenvalue weighted by molar-refractivity contribution is 0.0559. The second kappa shape index (κ2) is 6.72. The molecule has 0 aromatic carbocycles. The second-order valence-electron chi connectivity index (χ2n) is 6.38. The van der Waals surface area contributed by atoms with Crippen LogP contribution in [-0.2, 0) is 0 Å². The summed E-state index contributed by atoms with van der Waals surface area (Å²) in [6, 6.07) is 0. The molecule has 0 unspecified atom stereocenters. The Labute approximate surface area is 107 Å². The molecular formula is C14H31N3. The van der Waals surface area contributed by atoms with Crippen LogP contribution >= 0.6 is 0 Å². The molecule has 1 aliphatic heterocycles. The van der Waals surface area contributed by atoms with Crippen molar-refractivity contribution in [3.63, 3.8) is 0 Å². The fraction of sp³-hybridized carbons (Fsp3) is 1.00. The van der Waals surface area contributed by atoms with Gasteiger partial charge in [0, 0.05) is 38.3 Å². The molecule has 0 radical (unpaired) electrons. The van der Waals surface area contributed by atoms with Crippen molar-refractivity contribution < 1.29 is 0 Å². The summed E-state index contributed by atoms with van der Waals surface area (Å²) in [6.07, 6.45) is 2.70. The second-order valence-corrected chi connectivity index (χ2v) is 6.38. The number of nitrogens with two attached hydrogens (primary N) is 1. The molecule has 1 saturated heterocycles. The molecule has 1 aliphatic rings. The Morgan fingerprint density at radius 1 is 1.12 bits per heavy atom. The first-order valence-corrected chi connectivity index (χ1v) is 7.13. The maximum atomic E-state index is 5.83. The minimum absolute atomic E-state index is 0.171. The highest BCUT2D eigenvalue weighted by molar-refractivity contribution is 4.86. The van der Waals surface area contributed by atoms with Crippen LogP contribution in [0.3, 0.4) is 0 Å². The minimum Gasteiger partial charge on any atom is -0.329 e. The molecule has 0 bridgehead atoms. The summed E-state index contributed by atoms with van der Waals surface area (Å²) in [4.78, 5) is 5.14. The van der Waals surface area contributed by atoms with E-state index in [0.29, 0.717) is 0 Å². The fourth-order valence-corrected chi connectivity index (χ4v) is 2.43. The Hall–Kier alpha value is -0.120. The van der Waals surface area contributed by atoms with E-state index in [1.165, 1.54) is 45.6 Å². The third kappa shape index (κ3) is 4.94. The zero-order chi connectivity index (χ0) is 12.9. The summed E-state index contributed by atoms with van der Waals surface area (Å²) in [5.41, 5.74) is 6.00. The average Bonchev–Trinajstić information content (AvgIpc) is 2.29.